The van der Waals surface area contributed by atoms with E-state index in [0.29, 0.717) is 25.1 Å². The van der Waals surface area contributed by atoms with Crippen molar-refractivity contribution in [2.45, 2.75) is 44.6 Å². The fourth-order valence-corrected chi connectivity index (χ4v) is 4.84. The van der Waals surface area contributed by atoms with Crippen molar-refractivity contribution in [3.8, 4) is 11.4 Å². The van der Waals surface area contributed by atoms with E-state index >= 15 is 0 Å². The second-order valence-corrected chi connectivity index (χ2v) is 10.00. The molecule has 1 amide bonds. The highest BCUT2D eigenvalue weighted by Crippen LogP contribution is 2.35. The largest absolute Gasteiger partial charge is 0.490 e. The molecule has 238 valence electrons. The number of ether oxygens (including phenoxy) is 1. The number of alkyl halides is 6. The molecule has 0 bridgehead atoms. The fourth-order valence-electron chi connectivity index (χ4n) is 4.84. The van der Waals surface area contributed by atoms with Crippen molar-refractivity contribution in [3.63, 3.8) is 0 Å². The van der Waals surface area contributed by atoms with Gasteiger partial charge in [0.15, 0.2) is 5.69 Å². The Morgan fingerprint density at radius 3 is 2.41 bits per heavy atom. The van der Waals surface area contributed by atoms with Gasteiger partial charge in [-0.1, -0.05) is 6.07 Å². The number of anilines is 2. The normalized spacial score (nSPS) is 15.3. The van der Waals surface area contributed by atoms with Crippen molar-refractivity contribution in [1.82, 2.24) is 24.6 Å². The third kappa shape index (κ3) is 8.22. The SMILES string of the molecule is NC(=O)c1nn(CCCN2CCOCC2)c2c1CCCc1cnc(Nc3cccc(C(F)(F)F)c3)nc1-2.O=C(O)C(F)(F)F. The van der Waals surface area contributed by atoms with Crippen LogP contribution in [0.4, 0.5) is 38.0 Å². The molecular weight excluding hydrogens is 600 g/mol. The number of benzene rings is 1. The Bertz CT molecular complexity index is 1490. The van der Waals surface area contributed by atoms with E-state index in [4.69, 9.17) is 20.4 Å². The van der Waals surface area contributed by atoms with Crippen molar-refractivity contribution < 1.29 is 45.8 Å². The number of aromatic nitrogens is 4. The van der Waals surface area contributed by atoms with Crippen LogP contribution in [0, 0.1) is 0 Å². The molecule has 1 fully saturated rings. The number of morpholine rings is 1. The molecule has 3 heterocycles. The summed E-state index contributed by atoms with van der Waals surface area (Å²) < 4.78 is 78.4. The van der Waals surface area contributed by atoms with Crippen molar-refractivity contribution in [2.24, 2.45) is 5.73 Å². The molecule has 1 aromatic carbocycles. The first-order valence-electron chi connectivity index (χ1n) is 13.5. The molecule has 0 saturated carbocycles. The number of primary amides is 1. The van der Waals surface area contributed by atoms with Crippen LogP contribution in [0.3, 0.4) is 0 Å². The summed E-state index contributed by atoms with van der Waals surface area (Å²) in [4.78, 5) is 32.5. The number of nitrogens with zero attached hydrogens (tertiary/aromatic N) is 5. The summed E-state index contributed by atoms with van der Waals surface area (Å²) >= 11 is 0. The maximum atomic E-state index is 13.2. The highest BCUT2D eigenvalue weighted by atomic mass is 19.4. The molecule has 0 unspecified atom stereocenters. The lowest BCUT2D eigenvalue weighted by Crippen LogP contribution is -2.37. The third-order valence-corrected chi connectivity index (χ3v) is 6.88. The van der Waals surface area contributed by atoms with Gasteiger partial charge < -0.3 is 20.9 Å². The average Bonchev–Trinajstić information content (AvgIpc) is 3.21. The van der Waals surface area contributed by atoms with Gasteiger partial charge in [0.2, 0.25) is 5.95 Å². The van der Waals surface area contributed by atoms with Crippen molar-refractivity contribution in [1.29, 1.82) is 0 Å². The van der Waals surface area contributed by atoms with Gasteiger partial charge in [0.25, 0.3) is 5.91 Å². The number of carbonyl (C=O) groups is 2. The van der Waals surface area contributed by atoms with Crippen LogP contribution in [0.2, 0.25) is 0 Å². The molecule has 11 nitrogen and oxygen atoms in total. The summed E-state index contributed by atoms with van der Waals surface area (Å²) in [6, 6.07) is 4.88. The van der Waals surface area contributed by atoms with Gasteiger partial charge in [-0.2, -0.15) is 31.4 Å². The molecular formula is C27H29F6N7O4. The Hall–Kier alpha value is -4.25. The minimum Gasteiger partial charge on any atom is -0.475 e. The molecule has 0 spiro atoms. The molecule has 5 rings (SSSR count). The van der Waals surface area contributed by atoms with Gasteiger partial charge in [0.1, 0.15) is 0 Å². The van der Waals surface area contributed by atoms with E-state index in [-0.39, 0.29) is 17.3 Å². The predicted molar refractivity (Wildman–Crippen MR) is 144 cm³/mol. The summed E-state index contributed by atoms with van der Waals surface area (Å²) in [6.07, 6.45) is -4.97. The molecule has 2 aliphatic rings. The Labute approximate surface area is 247 Å². The zero-order valence-corrected chi connectivity index (χ0v) is 23.2. The summed E-state index contributed by atoms with van der Waals surface area (Å²) in [5.74, 6) is -3.19. The number of halogens is 6. The average molecular weight is 630 g/mol. The van der Waals surface area contributed by atoms with Crippen LogP contribution in [0.15, 0.2) is 30.5 Å². The first kappa shape index (κ1) is 32.7. The number of carboxylic acid groups (broad SMARTS) is 1. The number of carboxylic acids is 1. The molecule has 44 heavy (non-hydrogen) atoms. The van der Waals surface area contributed by atoms with Crippen LogP contribution in [-0.4, -0.2) is 80.7 Å². The van der Waals surface area contributed by atoms with Crippen LogP contribution in [0.5, 0.6) is 0 Å². The van der Waals surface area contributed by atoms with E-state index in [1.807, 2.05) is 0 Å². The second kappa shape index (κ2) is 13.6. The van der Waals surface area contributed by atoms with E-state index in [1.165, 1.54) is 12.1 Å². The number of aryl methyl sites for hydroxylation is 2. The monoisotopic (exact) mass is 629 g/mol. The van der Waals surface area contributed by atoms with Gasteiger partial charge in [-0.15, -0.1) is 0 Å². The Kier molecular flexibility index (Phi) is 10.1. The van der Waals surface area contributed by atoms with E-state index in [1.54, 1.807) is 10.9 Å². The number of rotatable bonds is 7. The number of carbonyl (C=O) groups excluding carboxylic acids is 1. The van der Waals surface area contributed by atoms with E-state index in [2.05, 4.69) is 25.3 Å². The third-order valence-electron chi connectivity index (χ3n) is 6.88. The standard InChI is InChI=1S/C25H28F3N7O2.C2HF3O2/c26-25(27,28)17-5-2-6-18(14-17)31-24-30-15-16-4-1-7-19-21(23(29)36)33-35(22(19)20(16)32-24)9-3-8-34-10-12-37-13-11-34;3-2(4,5)1(6)7/h2,5-6,14-15H,1,3-4,7-13H2,(H2,29,36)(H,30,31,32);(H,6,7). The van der Waals surface area contributed by atoms with Crippen LogP contribution in [0.25, 0.3) is 11.4 Å². The second-order valence-electron chi connectivity index (χ2n) is 10.00. The number of hydrogen-bond acceptors (Lipinski definition) is 8. The Morgan fingerprint density at radius 1 is 1.07 bits per heavy atom. The summed E-state index contributed by atoms with van der Waals surface area (Å²) in [6.45, 7) is 4.62. The van der Waals surface area contributed by atoms with Gasteiger partial charge >= 0.3 is 18.3 Å². The lowest BCUT2D eigenvalue weighted by atomic mass is 10.1. The molecule has 0 atom stereocenters. The van der Waals surface area contributed by atoms with Crippen molar-refractivity contribution in [2.75, 3.05) is 38.2 Å². The zero-order valence-electron chi connectivity index (χ0n) is 23.2. The van der Waals surface area contributed by atoms with Crippen LogP contribution < -0.4 is 11.1 Å². The number of aliphatic carboxylic acids is 1. The molecule has 4 N–H and O–H groups in total. The summed E-state index contributed by atoms with van der Waals surface area (Å²) in [7, 11) is 0. The van der Waals surface area contributed by atoms with Gasteiger partial charge in [0, 0.05) is 43.6 Å². The van der Waals surface area contributed by atoms with Gasteiger partial charge in [-0.3, -0.25) is 14.4 Å². The molecule has 3 aromatic rings. The first-order chi connectivity index (χ1) is 20.7. The lowest BCUT2D eigenvalue weighted by Gasteiger charge is -2.26. The van der Waals surface area contributed by atoms with E-state index < -0.39 is 29.8 Å². The number of nitrogens with one attached hydrogen (secondary N) is 1. The summed E-state index contributed by atoms with van der Waals surface area (Å²) in [5.41, 5.74) is 8.34. The quantitative estimate of drug-likeness (QED) is 0.329. The number of amides is 1. The van der Waals surface area contributed by atoms with Crippen LogP contribution in [0.1, 0.15) is 40.0 Å². The van der Waals surface area contributed by atoms with E-state index in [9.17, 15) is 31.1 Å². The smallest absolute Gasteiger partial charge is 0.475 e. The maximum absolute atomic E-state index is 13.2. The fraction of sp³-hybridized carbons (Fsp3) is 0.444. The van der Waals surface area contributed by atoms with Gasteiger partial charge in [-0.25, -0.2) is 14.8 Å². The first-order valence-corrected chi connectivity index (χ1v) is 13.5. The number of hydrogen-bond donors (Lipinski definition) is 3. The molecule has 17 heteroatoms. The molecule has 1 saturated heterocycles. The molecule has 0 radical (unpaired) electrons. The highest BCUT2D eigenvalue weighted by Gasteiger charge is 2.38. The summed E-state index contributed by atoms with van der Waals surface area (Å²) in [5, 5.41) is 14.6. The molecule has 2 aromatic heterocycles. The van der Waals surface area contributed by atoms with E-state index in [0.717, 1.165) is 74.6 Å². The van der Waals surface area contributed by atoms with Gasteiger partial charge in [0.05, 0.1) is 30.2 Å². The number of nitrogens with two attached hydrogens (primary N) is 1. The molecule has 1 aliphatic carbocycles. The highest BCUT2D eigenvalue weighted by molar-refractivity contribution is 5.94. The van der Waals surface area contributed by atoms with Crippen molar-refractivity contribution in [3.05, 3.63) is 52.8 Å². The van der Waals surface area contributed by atoms with Crippen LogP contribution in [-0.2, 0) is 35.1 Å². The Morgan fingerprint density at radius 2 is 1.77 bits per heavy atom. The maximum Gasteiger partial charge on any atom is 0.490 e. The van der Waals surface area contributed by atoms with Crippen LogP contribution >= 0.6 is 0 Å². The minimum atomic E-state index is -5.08. The molecule has 1 aliphatic heterocycles. The topological polar surface area (TPSA) is 148 Å². The zero-order chi connectivity index (χ0) is 32.1. The predicted octanol–water partition coefficient (Wildman–Crippen LogP) is 4.05. The van der Waals surface area contributed by atoms with Crippen molar-refractivity contribution >= 4 is 23.5 Å². The number of fused-ring (bicyclic) bond motifs is 3. The Balaban J connectivity index is 0.000000566. The minimum absolute atomic E-state index is 0.160. The lowest BCUT2D eigenvalue weighted by molar-refractivity contribution is -0.192. The van der Waals surface area contributed by atoms with Gasteiger partial charge in [-0.05, 0) is 49.4 Å².